The number of halogens is 1. The monoisotopic (exact) mass is 492 g/mol. The Morgan fingerprint density at radius 1 is 1.08 bits per heavy atom. The minimum Gasteiger partial charge on any atom is -0.494 e. The van der Waals surface area contributed by atoms with Gasteiger partial charge in [-0.2, -0.15) is 0 Å². The van der Waals surface area contributed by atoms with Crippen LogP contribution in [0, 0.1) is 5.82 Å². The van der Waals surface area contributed by atoms with E-state index in [0.29, 0.717) is 29.2 Å². The Hall–Kier alpha value is -4.31. The number of amides is 1. The minimum absolute atomic E-state index is 0.137. The minimum atomic E-state index is -0.432. The smallest absolute Gasteiger partial charge is 0.247 e. The number of anilines is 4. The van der Waals surface area contributed by atoms with Crippen molar-refractivity contribution in [3.05, 3.63) is 78.4 Å². The van der Waals surface area contributed by atoms with Gasteiger partial charge in [0.1, 0.15) is 17.3 Å². The van der Waals surface area contributed by atoms with E-state index in [4.69, 9.17) is 4.74 Å². The third kappa shape index (κ3) is 6.63. The summed E-state index contributed by atoms with van der Waals surface area (Å²) in [6, 6.07) is 10.2. The van der Waals surface area contributed by atoms with Gasteiger partial charge >= 0.3 is 0 Å². The molecule has 2 aromatic carbocycles. The molecule has 0 aliphatic rings. The summed E-state index contributed by atoms with van der Waals surface area (Å²) >= 11 is 0. The number of hydrogen-bond acceptors (Lipinski definition) is 8. The Labute approximate surface area is 209 Å². The summed E-state index contributed by atoms with van der Waals surface area (Å²) in [5.41, 5.74) is 2.20. The number of likely N-dealkylation sites (N-methyl/N-ethyl adjacent to an activating group) is 2. The van der Waals surface area contributed by atoms with Crippen molar-refractivity contribution in [2.75, 3.05) is 56.9 Å². The van der Waals surface area contributed by atoms with E-state index in [1.165, 1.54) is 49.7 Å². The van der Waals surface area contributed by atoms with Crippen molar-refractivity contribution in [3.8, 4) is 5.75 Å². The number of nitrogens with zero attached hydrogens (tertiary/aromatic N) is 4. The van der Waals surface area contributed by atoms with Crippen LogP contribution in [0.15, 0.2) is 61.3 Å². The maximum absolute atomic E-state index is 13.2. The van der Waals surface area contributed by atoms with E-state index in [0.717, 1.165) is 12.2 Å². The lowest BCUT2D eigenvalue weighted by Crippen LogP contribution is -2.29. The van der Waals surface area contributed by atoms with Crippen LogP contribution in [0.1, 0.15) is 16.1 Å². The fraction of sp³-hybridized carbons (Fsp3) is 0.231. The van der Waals surface area contributed by atoms with Crippen LogP contribution in [0.3, 0.4) is 0 Å². The van der Waals surface area contributed by atoms with Crippen LogP contribution in [0.25, 0.3) is 0 Å². The highest BCUT2D eigenvalue weighted by Crippen LogP contribution is 2.37. The zero-order valence-electron chi connectivity index (χ0n) is 20.7. The zero-order chi connectivity index (χ0) is 26.2. The number of benzene rings is 2. The van der Waals surface area contributed by atoms with Crippen molar-refractivity contribution in [1.29, 1.82) is 0 Å². The Morgan fingerprint density at radius 3 is 2.44 bits per heavy atom. The summed E-state index contributed by atoms with van der Waals surface area (Å²) in [4.78, 5) is 37.5. The van der Waals surface area contributed by atoms with Gasteiger partial charge in [-0.3, -0.25) is 9.59 Å². The Balaban J connectivity index is 1.95. The molecule has 0 fully saturated rings. The number of rotatable bonds is 11. The number of ketones is 1. The number of aromatic nitrogens is 2. The van der Waals surface area contributed by atoms with E-state index in [1.807, 2.05) is 26.0 Å². The van der Waals surface area contributed by atoms with E-state index in [-0.39, 0.29) is 23.3 Å². The third-order valence-electron chi connectivity index (χ3n) is 5.30. The van der Waals surface area contributed by atoms with Crippen LogP contribution in [0.2, 0.25) is 0 Å². The second-order valence-corrected chi connectivity index (χ2v) is 8.21. The maximum atomic E-state index is 13.2. The third-order valence-corrected chi connectivity index (χ3v) is 5.30. The fourth-order valence-electron chi connectivity index (χ4n) is 3.32. The lowest BCUT2D eigenvalue weighted by molar-refractivity contribution is -0.111. The van der Waals surface area contributed by atoms with Gasteiger partial charge in [0.15, 0.2) is 0 Å². The van der Waals surface area contributed by atoms with E-state index < -0.39 is 5.82 Å². The molecule has 3 rings (SSSR count). The first-order valence-corrected chi connectivity index (χ1v) is 11.1. The highest BCUT2D eigenvalue weighted by Gasteiger charge is 2.17. The Kier molecular flexibility index (Phi) is 8.69. The molecule has 9 nitrogen and oxygen atoms in total. The first-order valence-electron chi connectivity index (χ1n) is 11.1. The molecular formula is C26H29FN6O3. The SMILES string of the molecule is C=CC(=O)Nc1cc(Nc2nccc(C(=O)c3ccc(F)cc3)n2)c(OC)cc1N(C)CCN(C)C. The van der Waals surface area contributed by atoms with E-state index in [2.05, 4.69) is 32.1 Å². The first-order chi connectivity index (χ1) is 17.2. The van der Waals surface area contributed by atoms with Crippen LogP contribution in [0.5, 0.6) is 5.75 Å². The van der Waals surface area contributed by atoms with Gasteiger partial charge in [-0.15, -0.1) is 0 Å². The molecule has 0 saturated carbocycles. The molecule has 0 bridgehead atoms. The second kappa shape index (κ2) is 11.9. The van der Waals surface area contributed by atoms with Gasteiger partial charge in [0, 0.05) is 38.0 Å². The van der Waals surface area contributed by atoms with Gasteiger partial charge in [-0.05, 0) is 56.6 Å². The summed E-state index contributed by atoms with van der Waals surface area (Å²) < 4.78 is 18.8. The van der Waals surface area contributed by atoms with Gasteiger partial charge in [0.25, 0.3) is 0 Å². The number of methoxy groups -OCH3 is 1. The van der Waals surface area contributed by atoms with E-state index in [1.54, 1.807) is 12.1 Å². The maximum Gasteiger partial charge on any atom is 0.247 e. The van der Waals surface area contributed by atoms with Crippen LogP contribution >= 0.6 is 0 Å². The molecule has 0 spiro atoms. The summed E-state index contributed by atoms with van der Waals surface area (Å²) in [5, 5.41) is 5.89. The van der Waals surface area contributed by atoms with Crippen molar-refractivity contribution in [3.63, 3.8) is 0 Å². The molecule has 188 valence electrons. The van der Waals surface area contributed by atoms with Crippen LogP contribution in [-0.4, -0.2) is 67.9 Å². The molecule has 0 aliphatic carbocycles. The van der Waals surface area contributed by atoms with Crippen LogP contribution in [-0.2, 0) is 4.79 Å². The largest absolute Gasteiger partial charge is 0.494 e. The molecule has 1 heterocycles. The average Bonchev–Trinajstić information content (AvgIpc) is 2.87. The fourth-order valence-corrected chi connectivity index (χ4v) is 3.32. The van der Waals surface area contributed by atoms with Crippen molar-refractivity contribution in [1.82, 2.24) is 14.9 Å². The summed E-state index contributed by atoms with van der Waals surface area (Å²) in [7, 11) is 7.41. The molecule has 0 saturated heterocycles. The van der Waals surface area contributed by atoms with Crippen LogP contribution in [0.4, 0.5) is 27.4 Å². The normalized spacial score (nSPS) is 10.6. The number of carbonyl (C=O) groups is 2. The van der Waals surface area contributed by atoms with Crippen molar-refractivity contribution in [2.45, 2.75) is 0 Å². The van der Waals surface area contributed by atoms with Gasteiger partial charge in [0.05, 0.1) is 24.2 Å². The number of nitrogens with one attached hydrogen (secondary N) is 2. The average molecular weight is 493 g/mol. The second-order valence-electron chi connectivity index (χ2n) is 8.21. The van der Waals surface area contributed by atoms with Crippen molar-refractivity contribution in [2.24, 2.45) is 0 Å². The molecule has 0 unspecified atom stereocenters. The molecule has 1 amide bonds. The quantitative estimate of drug-likeness (QED) is 0.309. The molecule has 3 aromatic rings. The van der Waals surface area contributed by atoms with E-state index >= 15 is 0 Å². The molecular weight excluding hydrogens is 463 g/mol. The van der Waals surface area contributed by atoms with Gasteiger partial charge in [-0.25, -0.2) is 14.4 Å². The molecule has 10 heteroatoms. The molecule has 36 heavy (non-hydrogen) atoms. The summed E-state index contributed by atoms with van der Waals surface area (Å²) in [6.07, 6.45) is 2.64. The number of ether oxygens (including phenoxy) is 1. The Bertz CT molecular complexity index is 1250. The van der Waals surface area contributed by atoms with Gasteiger partial charge in [0.2, 0.25) is 17.6 Å². The predicted octanol–water partition coefficient (Wildman–Crippen LogP) is 3.72. The lowest BCUT2D eigenvalue weighted by Gasteiger charge is -2.26. The molecule has 0 aliphatic heterocycles. The predicted molar refractivity (Wildman–Crippen MR) is 139 cm³/mol. The highest BCUT2D eigenvalue weighted by atomic mass is 19.1. The van der Waals surface area contributed by atoms with E-state index in [9.17, 15) is 14.0 Å². The standard InChI is InChI=1S/C26H29FN6O3/c1-6-24(34)29-20-15-21(23(36-5)16-22(20)33(4)14-13-32(2)3)31-26-28-12-11-19(30-26)25(35)17-7-9-18(27)10-8-17/h6-12,15-16H,1,13-14H2,2-5H3,(H,29,34)(H,28,30,31). The first kappa shape index (κ1) is 26.3. The number of carbonyl (C=O) groups excluding carboxylic acids is 2. The molecule has 1 aromatic heterocycles. The Morgan fingerprint density at radius 2 is 1.81 bits per heavy atom. The highest BCUT2D eigenvalue weighted by molar-refractivity contribution is 6.07. The lowest BCUT2D eigenvalue weighted by atomic mass is 10.1. The van der Waals surface area contributed by atoms with Crippen molar-refractivity contribution >= 4 is 34.7 Å². The topological polar surface area (TPSA) is 99.7 Å². The van der Waals surface area contributed by atoms with Gasteiger partial charge in [-0.1, -0.05) is 6.58 Å². The molecule has 0 radical (unpaired) electrons. The van der Waals surface area contributed by atoms with Crippen LogP contribution < -0.4 is 20.3 Å². The van der Waals surface area contributed by atoms with Gasteiger partial charge < -0.3 is 25.2 Å². The summed E-state index contributed by atoms with van der Waals surface area (Å²) in [5.74, 6) is -0.535. The zero-order valence-corrected chi connectivity index (χ0v) is 20.7. The van der Waals surface area contributed by atoms with Crippen molar-refractivity contribution < 1.29 is 18.7 Å². The number of hydrogen-bond donors (Lipinski definition) is 2. The molecule has 2 N–H and O–H groups in total. The molecule has 0 atom stereocenters. The summed E-state index contributed by atoms with van der Waals surface area (Å²) in [6.45, 7) is 5.03.